The molecule has 0 heterocycles. The van der Waals surface area contributed by atoms with Gasteiger partial charge in [0, 0.05) is 0 Å². The molecule has 3 heteroatoms. The fraction of sp³-hybridized carbons (Fsp3) is 0.375. The van der Waals surface area contributed by atoms with E-state index in [1.165, 1.54) is 19.3 Å². The van der Waals surface area contributed by atoms with E-state index in [0.717, 1.165) is 24.2 Å². The van der Waals surface area contributed by atoms with Crippen LogP contribution in [0.15, 0.2) is 29.8 Å². The molecule has 1 fully saturated rings. The Labute approximate surface area is 113 Å². The average molecular weight is 252 g/mol. The molecular weight excluding hydrogens is 236 g/mol. The lowest BCUT2D eigenvalue weighted by atomic mass is 9.98. The summed E-state index contributed by atoms with van der Waals surface area (Å²) in [5.41, 5.74) is 0.954. The molecular formula is C16H16N2O. The van der Waals surface area contributed by atoms with Crippen molar-refractivity contribution in [2.45, 2.75) is 38.2 Å². The zero-order valence-electron chi connectivity index (χ0n) is 10.8. The lowest BCUT2D eigenvalue weighted by Crippen LogP contribution is -2.19. The summed E-state index contributed by atoms with van der Waals surface area (Å²) in [4.78, 5) is 0. The van der Waals surface area contributed by atoms with Crippen LogP contribution in [0, 0.1) is 22.7 Å². The number of nitrogens with zero attached hydrogens (tertiary/aromatic N) is 2. The molecule has 3 nitrogen and oxygen atoms in total. The Morgan fingerprint density at radius 1 is 1.05 bits per heavy atom. The standard InChI is InChI=1S/C16H16N2O/c17-11-14(12-18)10-13-6-8-16(9-7-13)19-15-4-2-1-3-5-15/h6-10,15H,1-5H2. The van der Waals surface area contributed by atoms with Gasteiger partial charge in [-0.05, 0) is 49.5 Å². The van der Waals surface area contributed by atoms with Gasteiger partial charge in [0.15, 0.2) is 0 Å². The Morgan fingerprint density at radius 3 is 2.26 bits per heavy atom. The van der Waals surface area contributed by atoms with Crippen LogP contribution in [0.2, 0.25) is 0 Å². The van der Waals surface area contributed by atoms with Crippen molar-refractivity contribution in [1.29, 1.82) is 10.5 Å². The highest BCUT2D eigenvalue weighted by Crippen LogP contribution is 2.23. The van der Waals surface area contributed by atoms with E-state index in [2.05, 4.69) is 0 Å². The van der Waals surface area contributed by atoms with Crippen molar-refractivity contribution in [3.05, 3.63) is 35.4 Å². The first-order valence-electron chi connectivity index (χ1n) is 6.60. The van der Waals surface area contributed by atoms with E-state index in [-0.39, 0.29) is 5.57 Å². The highest BCUT2D eigenvalue weighted by molar-refractivity contribution is 5.62. The Morgan fingerprint density at radius 2 is 1.68 bits per heavy atom. The van der Waals surface area contributed by atoms with Gasteiger partial charge < -0.3 is 4.74 Å². The molecule has 19 heavy (non-hydrogen) atoms. The van der Waals surface area contributed by atoms with Crippen molar-refractivity contribution >= 4 is 6.08 Å². The highest BCUT2D eigenvalue weighted by Gasteiger charge is 2.14. The van der Waals surface area contributed by atoms with Crippen molar-refractivity contribution in [2.24, 2.45) is 0 Å². The van der Waals surface area contributed by atoms with Gasteiger partial charge in [0.1, 0.15) is 23.5 Å². The topological polar surface area (TPSA) is 56.8 Å². The highest BCUT2D eigenvalue weighted by atomic mass is 16.5. The van der Waals surface area contributed by atoms with Gasteiger partial charge >= 0.3 is 0 Å². The van der Waals surface area contributed by atoms with Gasteiger partial charge in [-0.2, -0.15) is 10.5 Å². The first kappa shape index (κ1) is 13.2. The van der Waals surface area contributed by atoms with Gasteiger partial charge in [-0.1, -0.05) is 18.6 Å². The zero-order valence-corrected chi connectivity index (χ0v) is 10.8. The summed E-state index contributed by atoms with van der Waals surface area (Å²) < 4.78 is 5.92. The van der Waals surface area contributed by atoms with Crippen molar-refractivity contribution < 1.29 is 4.74 Å². The molecule has 0 amide bonds. The van der Waals surface area contributed by atoms with E-state index in [4.69, 9.17) is 15.3 Å². The van der Waals surface area contributed by atoms with Gasteiger partial charge in [-0.15, -0.1) is 0 Å². The van der Waals surface area contributed by atoms with Crippen LogP contribution < -0.4 is 4.74 Å². The predicted octanol–water partition coefficient (Wildman–Crippen LogP) is 3.83. The van der Waals surface area contributed by atoms with Crippen molar-refractivity contribution in [1.82, 2.24) is 0 Å². The number of hydrogen-bond acceptors (Lipinski definition) is 3. The third-order valence-electron chi connectivity index (χ3n) is 3.29. The predicted molar refractivity (Wildman–Crippen MR) is 73.1 cm³/mol. The number of hydrogen-bond donors (Lipinski definition) is 0. The summed E-state index contributed by atoms with van der Waals surface area (Å²) in [6.45, 7) is 0. The molecule has 1 aromatic rings. The number of rotatable bonds is 3. The normalized spacial score (nSPS) is 15.1. The number of allylic oxidation sites excluding steroid dienone is 1. The largest absolute Gasteiger partial charge is 0.490 e. The smallest absolute Gasteiger partial charge is 0.130 e. The number of nitriles is 2. The number of ether oxygens (including phenoxy) is 1. The summed E-state index contributed by atoms with van der Waals surface area (Å²) in [5.74, 6) is 0.861. The summed E-state index contributed by atoms with van der Waals surface area (Å²) in [7, 11) is 0. The minimum atomic E-state index is 0.112. The van der Waals surface area contributed by atoms with E-state index in [9.17, 15) is 0 Å². The van der Waals surface area contributed by atoms with Gasteiger partial charge in [0.05, 0.1) is 6.10 Å². The van der Waals surface area contributed by atoms with Crippen LogP contribution in [0.1, 0.15) is 37.7 Å². The molecule has 1 aliphatic carbocycles. The van der Waals surface area contributed by atoms with Crippen LogP contribution in [-0.4, -0.2) is 6.10 Å². The van der Waals surface area contributed by atoms with E-state index < -0.39 is 0 Å². The molecule has 0 spiro atoms. The van der Waals surface area contributed by atoms with Crippen molar-refractivity contribution in [3.8, 4) is 17.9 Å². The molecule has 2 rings (SSSR count). The van der Waals surface area contributed by atoms with E-state index in [0.29, 0.717) is 6.10 Å². The van der Waals surface area contributed by atoms with E-state index in [1.54, 1.807) is 6.08 Å². The monoisotopic (exact) mass is 252 g/mol. The molecule has 1 aromatic carbocycles. The molecule has 0 radical (unpaired) electrons. The minimum Gasteiger partial charge on any atom is -0.490 e. The van der Waals surface area contributed by atoms with Crippen LogP contribution in [0.3, 0.4) is 0 Å². The Balaban J connectivity index is 2.00. The van der Waals surface area contributed by atoms with Gasteiger partial charge in [0.25, 0.3) is 0 Å². The fourth-order valence-corrected chi connectivity index (χ4v) is 2.27. The molecule has 1 aliphatic rings. The number of benzene rings is 1. The lowest BCUT2D eigenvalue weighted by molar-refractivity contribution is 0.155. The van der Waals surface area contributed by atoms with Crippen LogP contribution in [-0.2, 0) is 0 Å². The molecule has 1 saturated carbocycles. The lowest BCUT2D eigenvalue weighted by Gasteiger charge is -2.22. The maximum Gasteiger partial charge on any atom is 0.130 e. The molecule has 0 bridgehead atoms. The summed E-state index contributed by atoms with van der Waals surface area (Å²) >= 11 is 0. The van der Waals surface area contributed by atoms with Crippen molar-refractivity contribution in [3.63, 3.8) is 0 Å². The summed E-state index contributed by atoms with van der Waals surface area (Å²) in [6.07, 6.45) is 7.99. The third-order valence-corrected chi connectivity index (χ3v) is 3.29. The Bertz CT molecular complexity index is 509. The molecule has 0 aliphatic heterocycles. The molecule has 96 valence electrons. The van der Waals surface area contributed by atoms with Gasteiger partial charge in [-0.3, -0.25) is 0 Å². The molecule has 0 N–H and O–H groups in total. The summed E-state index contributed by atoms with van der Waals surface area (Å²) in [6, 6.07) is 11.2. The fourth-order valence-electron chi connectivity index (χ4n) is 2.27. The van der Waals surface area contributed by atoms with Crippen LogP contribution in [0.25, 0.3) is 6.08 Å². The first-order valence-corrected chi connectivity index (χ1v) is 6.60. The van der Waals surface area contributed by atoms with E-state index in [1.807, 2.05) is 36.4 Å². The summed E-state index contributed by atoms with van der Waals surface area (Å²) in [5, 5.41) is 17.4. The second-order valence-corrected chi connectivity index (χ2v) is 4.73. The maximum atomic E-state index is 8.69. The Hall–Kier alpha value is -2.26. The van der Waals surface area contributed by atoms with E-state index >= 15 is 0 Å². The van der Waals surface area contributed by atoms with Crippen LogP contribution in [0.4, 0.5) is 0 Å². The first-order chi connectivity index (χ1) is 9.31. The minimum absolute atomic E-state index is 0.112. The molecule has 0 aromatic heterocycles. The van der Waals surface area contributed by atoms with Crippen LogP contribution >= 0.6 is 0 Å². The van der Waals surface area contributed by atoms with Crippen LogP contribution in [0.5, 0.6) is 5.75 Å². The average Bonchev–Trinajstić information content (AvgIpc) is 2.47. The van der Waals surface area contributed by atoms with Gasteiger partial charge in [0.2, 0.25) is 0 Å². The zero-order chi connectivity index (χ0) is 13.5. The third kappa shape index (κ3) is 3.86. The second-order valence-electron chi connectivity index (χ2n) is 4.73. The quantitative estimate of drug-likeness (QED) is 0.768. The second kappa shape index (κ2) is 6.61. The maximum absolute atomic E-state index is 8.69. The Kier molecular flexibility index (Phi) is 4.59. The molecule has 0 atom stereocenters. The SMILES string of the molecule is N#CC(C#N)=Cc1ccc(OC2CCCCC2)cc1. The van der Waals surface area contributed by atoms with Gasteiger partial charge in [-0.25, -0.2) is 0 Å². The van der Waals surface area contributed by atoms with Crippen molar-refractivity contribution in [2.75, 3.05) is 0 Å². The molecule has 0 saturated heterocycles. The molecule has 0 unspecified atom stereocenters.